The van der Waals surface area contributed by atoms with E-state index < -0.39 is 5.54 Å². The third kappa shape index (κ3) is 3.54. The molecule has 2 heterocycles. The average molecular weight is 353 g/mol. The molecule has 0 radical (unpaired) electrons. The summed E-state index contributed by atoms with van der Waals surface area (Å²) in [5.41, 5.74) is 0.0118. The van der Waals surface area contributed by atoms with Crippen molar-refractivity contribution >= 4 is 17.6 Å². The van der Waals surface area contributed by atoms with Crippen molar-refractivity contribution in [1.82, 2.24) is 9.80 Å². The monoisotopic (exact) mass is 353 g/mol. The molecule has 6 nitrogen and oxygen atoms in total. The lowest BCUT2D eigenvalue weighted by Crippen LogP contribution is -2.60. The van der Waals surface area contributed by atoms with Crippen LogP contribution in [-0.2, 0) is 9.59 Å². The Labute approximate surface area is 153 Å². The summed E-state index contributed by atoms with van der Waals surface area (Å²) < 4.78 is 5.67. The molecule has 2 aliphatic rings. The number of carbonyl (C=O) groups is 2. The van der Waals surface area contributed by atoms with Crippen molar-refractivity contribution < 1.29 is 14.3 Å². The normalized spacial score (nSPS) is 21.7. The van der Waals surface area contributed by atoms with Crippen LogP contribution in [0.25, 0.3) is 0 Å². The number of benzene rings is 1. The van der Waals surface area contributed by atoms with Crippen molar-refractivity contribution in [2.45, 2.75) is 25.8 Å². The summed E-state index contributed by atoms with van der Waals surface area (Å²) in [6, 6.07) is 9.47. The van der Waals surface area contributed by atoms with Gasteiger partial charge in [-0.15, -0.1) is 0 Å². The van der Waals surface area contributed by atoms with Crippen LogP contribution in [0.4, 0.5) is 0 Å². The van der Waals surface area contributed by atoms with Gasteiger partial charge in [-0.05, 0) is 43.7 Å². The Morgan fingerprint density at radius 3 is 2.81 bits per heavy atom. The van der Waals surface area contributed by atoms with Crippen molar-refractivity contribution in [1.29, 1.82) is 0 Å². The molecule has 0 saturated heterocycles. The van der Waals surface area contributed by atoms with Crippen LogP contribution in [0.3, 0.4) is 0 Å². The Morgan fingerprint density at radius 1 is 1.35 bits per heavy atom. The molecule has 0 fully saturated rings. The van der Waals surface area contributed by atoms with Crippen LogP contribution < -0.4 is 4.74 Å². The van der Waals surface area contributed by atoms with Gasteiger partial charge in [0, 0.05) is 13.2 Å². The lowest BCUT2D eigenvalue weighted by atomic mass is 9.90. The molecule has 0 unspecified atom stereocenters. The van der Waals surface area contributed by atoms with Crippen LogP contribution in [0, 0.1) is 0 Å². The minimum Gasteiger partial charge on any atom is -0.492 e. The van der Waals surface area contributed by atoms with Crippen LogP contribution in [-0.4, -0.2) is 53.2 Å². The molecule has 3 rings (SSSR count). The fourth-order valence-corrected chi connectivity index (χ4v) is 3.15. The predicted molar refractivity (Wildman–Crippen MR) is 99.8 cm³/mol. The molecular formula is C20H23N3O3. The van der Waals surface area contributed by atoms with Gasteiger partial charge in [-0.3, -0.25) is 9.59 Å². The molecule has 0 N–H and O–H groups in total. The first-order chi connectivity index (χ1) is 12.4. The summed E-state index contributed by atoms with van der Waals surface area (Å²) in [5, 5.41) is 0. The van der Waals surface area contributed by atoms with Gasteiger partial charge in [-0.25, -0.2) is 0 Å². The number of amides is 2. The second-order valence-electron chi connectivity index (χ2n) is 6.78. The van der Waals surface area contributed by atoms with Crippen LogP contribution >= 0.6 is 0 Å². The van der Waals surface area contributed by atoms with Crippen molar-refractivity contribution in [3.8, 4) is 5.75 Å². The van der Waals surface area contributed by atoms with Crippen LogP contribution in [0.1, 0.15) is 20.3 Å². The molecule has 26 heavy (non-hydrogen) atoms. The van der Waals surface area contributed by atoms with Gasteiger partial charge in [-0.2, -0.15) is 4.99 Å². The third-order valence-electron chi connectivity index (χ3n) is 4.60. The number of fused-ring (bicyclic) bond motifs is 1. The smallest absolute Gasteiger partial charge is 0.250 e. The molecule has 1 aromatic rings. The topological polar surface area (TPSA) is 62.2 Å². The van der Waals surface area contributed by atoms with E-state index in [1.54, 1.807) is 23.8 Å². The van der Waals surface area contributed by atoms with E-state index in [1.807, 2.05) is 55.6 Å². The molecule has 2 amide bonds. The van der Waals surface area contributed by atoms with Crippen molar-refractivity contribution in [2.75, 3.05) is 20.2 Å². The average Bonchev–Trinajstić information content (AvgIpc) is 2.61. The Kier molecular flexibility index (Phi) is 4.93. The molecule has 0 saturated carbocycles. The van der Waals surface area contributed by atoms with Gasteiger partial charge in [0.15, 0.2) is 0 Å². The van der Waals surface area contributed by atoms with Crippen molar-refractivity contribution in [3.63, 3.8) is 0 Å². The maximum absolute atomic E-state index is 13.1. The van der Waals surface area contributed by atoms with E-state index in [4.69, 9.17) is 4.74 Å². The quantitative estimate of drug-likeness (QED) is 0.815. The first kappa shape index (κ1) is 17.9. The van der Waals surface area contributed by atoms with Gasteiger partial charge in [0.1, 0.15) is 23.7 Å². The summed E-state index contributed by atoms with van der Waals surface area (Å²) in [5.74, 6) is 0.875. The number of hydrogen-bond donors (Lipinski definition) is 0. The summed E-state index contributed by atoms with van der Waals surface area (Å²) in [4.78, 5) is 32.7. The number of hydrogen-bond acceptors (Lipinski definition) is 4. The molecular weight excluding hydrogens is 330 g/mol. The Morgan fingerprint density at radius 2 is 2.08 bits per heavy atom. The number of carbonyl (C=O) groups excluding carboxylic acids is 2. The molecule has 6 heteroatoms. The third-order valence-corrected chi connectivity index (χ3v) is 4.60. The number of allylic oxidation sites excluding steroid dienone is 2. The Balaban J connectivity index is 1.68. The van der Waals surface area contributed by atoms with Gasteiger partial charge >= 0.3 is 0 Å². The second-order valence-corrected chi connectivity index (χ2v) is 6.78. The number of likely N-dealkylation sites (N-methyl/N-ethyl adjacent to an activating group) is 1. The lowest BCUT2D eigenvalue weighted by molar-refractivity contribution is -0.142. The molecule has 0 bridgehead atoms. The van der Waals surface area contributed by atoms with Gasteiger partial charge in [0.25, 0.3) is 5.91 Å². The van der Waals surface area contributed by atoms with Gasteiger partial charge in [-0.1, -0.05) is 18.2 Å². The van der Waals surface area contributed by atoms with Gasteiger partial charge in [0.2, 0.25) is 5.91 Å². The van der Waals surface area contributed by atoms with E-state index in [2.05, 4.69) is 4.99 Å². The highest BCUT2D eigenvalue weighted by Crippen LogP contribution is 2.30. The zero-order valence-electron chi connectivity index (χ0n) is 15.3. The SMILES string of the molecule is CC1=CC2=NC(=O)C[C@](C)(C(=O)N(C)CCOc3ccccc3)N2C=C1. The fraction of sp³-hybridized carbons (Fsp3) is 0.350. The maximum atomic E-state index is 13.1. The predicted octanol–water partition coefficient (Wildman–Crippen LogP) is 2.39. The van der Waals surface area contributed by atoms with E-state index in [0.717, 1.165) is 11.3 Å². The fourth-order valence-electron chi connectivity index (χ4n) is 3.15. The summed E-state index contributed by atoms with van der Waals surface area (Å²) >= 11 is 0. The van der Waals surface area contributed by atoms with Crippen molar-refractivity contribution in [3.05, 3.63) is 54.3 Å². The molecule has 1 atom stereocenters. The standard InChI is InChI=1S/C20H23N3O3/c1-15-9-10-23-17(13-15)21-18(24)14-20(23,2)19(25)22(3)11-12-26-16-7-5-4-6-8-16/h4-10,13H,11-12,14H2,1-3H3/t20-/m1/s1. The zero-order chi connectivity index (χ0) is 18.7. The van der Waals surface area contributed by atoms with E-state index in [1.165, 1.54) is 0 Å². The van der Waals surface area contributed by atoms with E-state index >= 15 is 0 Å². The highest BCUT2D eigenvalue weighted by molar-refractivity contribution is 6.09. The van der Waals surface area contributed by atoms with Crippen LogP contribution in [0.15, 0.2) is 59.2 Å². The molecule has 136 valence electrons. The Hall–Kier alpha value is -2.89. The minimum absolute atomic E-state index is 0.0520. The maximum Gasteiger partial charge on any atom is 0.250 e. The highest BCUT2D eigenvalue weighted by atomic mass is 16.5. The molecule has 0 aliphatic carbocycles. The first-order valence-corrected chi connectivity index (χ1v) is 8.61. The van der Waals surface area contributed by atoms with E-state index in [0.29, 0.717) is 19.0 Å². The van der Waals surface area contributed by atoms with E-state index in [-0.39, 0.29) is 18.2 Å². The summed E-state index contributed by atoms with van der Waals surface area (Å²) in [6.45, 7) is 4.53. The van der Waals surface area contributed by atoms with Gasteiger partial charge < -0.3 is 14.5 Å². The van der Waals surface area contributed by atoms with Crippen LogP contribution in [0.2, 0.25) is 0 Å². The number of amidine groups is 1. The molecule has 0 aromatic heterocycles. The molecule has 2 aliphatic heterocycles. The molecule has 1 aromatic carbocycles. The Bertz CT molecular complexity index is 798. The minimum atomic E-state index is -0.983. The number of rotatable bonds is 5. The largest absolute Gasteiger partial charge is 0.492 e. The van der Waals surface area contributed by atoms with Gasteiger partial charge in [0.05, 0.1) is 13.0 Å². The zero-order valence-corrected chi connectivity index (χ0v) is 15.3. The first-order valence-electron chi connectivity index (χ1n) is 8.61. The summed E-state index contributed by atoms with van der Waals surface area (Å²) in [6.07, 6.45) is 5.61. The molecule has 0 spiro atoms. The number of nitrogens with zero attached hydrogens (tertiary/aromatic N) is 3. The highest BCUT2D eigenvalue weighted by Gasteiger charge is 2.46. The van der Waals surface area contributed by atoms with E-state index in [9.17, 15) is 9.59 Å². The second kappa shape index (κ2) is 7.15. The number of ether oxygens (including phenoxy) is 1. The van der Waals surface area contributed by atoms with Crippen LogP contribution in [0.5, 0.6) is 5.75 Å². The summed E-state index contributed by atoms with van der Waals surface area (Å²) in [7, 11) is 1.73. The number of para-hydroxylation sites is 1. The number of aliphatic imine (C=N–C) groups is 1. The lowest BCUT2D eigenvalue weighted by Gasteiger charge is -2.43. The van der Waals surface area contributed by atoms with Crippen molar-refractivity contribution in [2.24, 2.45) is 4.99 Å².